The minimum Gasteiger partial charge on any atom is -0.326 e. The van der Waals surface area contributed by atoms with Crippen molar-refractivity contribution in [2.75, 3.05) is 5.32 Å². The molecule has 0 spiro atoms. The lowest BCUT2D eigenvalue weighted by Gasteiger charge is -2.06. The fourth-order valence-corrected chi connectivity index (χ4v) is 4.74. The molecule has 0 saturated carbocycles. The minimum atomic E-state index is 0.0373. The van der Waals surface area contributed by atoms with Gasteiger partial charge in [0.05, 0.1) is 0 Å². The van der Waals surface area contributed by atoms with Gasteiger partial charge in [-0.05, 0) is 24.6 Å². The summed E-state index contributed by atoms with van der Waals surface area (Å²) in [6, 6.07) is 5.11. The number of hydrogen-bond donors (Lipinski definition) is 1. The van der Waals surface area contributed by atoms with Crippen LogP contribution >= 0.6 is 23.2 Å². The number of hydrogen-bond acceptors (Lipinski definition) is 1. The molecular weight excluding hydrogens is 437 g/mol. The fourth-order valence-electron chi connectivity index (χ4n) is 4.21. The molecule has 0 aliphatic rings. The number of halogens is 2. The zero-order valence-corrected chi connectivity index (χ0v) is 22.1. The van der Waals surface area contributed by atoms with E-state index >= 15 is 0 Å². The first-order valence-corrected chi connectivity index (χ1v) is 14.1. The van der Waals surface area contributed by atoms with E-state index < -0.39 is 0 Å². The molecule has 4 heteroatoms. The van der Waals surface area contributed by atoms with Crippen LogP contribution in [0, 0.1) is 0 Å². The van der Waals surface area contributed by atoms with Gasteiger partial charge < -0.3 is 5.32 Å². The van der Waals surface area contributed by atoms with Crippen molar-refractivity contribution >= 4 is 34.8 Å². The SMILES string of the molecule is CCCCCCCCCCCCCCCCCCCCCC(=O)Nc1cc(Cl)cc(Cl)c1. The average Bonchev–Trinajstić information content (AvgIpc) is 2.74. The second-order valence-corrected chi connectivity index (χ2v) is 10.2. The van der Waals surface area contributed by atoms with E-state index in [9.17, 15) is 4.79 Å². The molecule has 0 radical (unpaired) electrons. The Kier molecular flexibility index (Phi) is 19.1. The molecule has 0 bridgehead atoms. The van der Waals surface area contributed by atoms with Crippen molar-refractivity contribution in [2.24, 2.45) is 0 Å². The Morgan fingerprint density at radius 1 is 0.594 bits per heavy atom. The monoisotopic (exact) mass is 483 g/mol. The van der Waals surface area contributed by atoms with Crippen LogP contribution in [0.5, 0.6) is 0 Å². The van der Waals surface area contributed by atoms with E-state index in [-0.39, 0.29) is 5.91 Å². The number of rotatable bonds is 21. The van der Waals surface area contributed by atoms with E-state index in [1.54, 1.807) is 18.2 Å². The van der Waals surface area contributed by atoms with Crippen LogP contribution in [0.4, 0.5) is 5.69 Å². The van der Waals surface area contributed by atoms with E-state index in [1.807, 2.05) is 0 Å². The molecule has 0 atom stereocenters. The molecule has 1 N–H and O–H groups in total. The Balaban J connectivity index is 1.79. The number of anilines is 1. The lowest BCUT2D eigenvalue weighted by atomic mass is 10.0. The van der Waals surface area contributed by atoms with Gasteiger partial charge in [0.15, 0.2) is 0 Å². The maximum atomic E-state index is 12.0. The van der Waals surface area contributed by atoms with E-state index in [1.165, 1.54) is 109 Å². The third kappa shape index (κ3) is 17.8. The lowest BCUT2D eigenvalue weighted by molar-refractivity contribution is -0.116. The number of amides is 1. The molecule has 0 fully saturated rings. The van der Waals surface area contributed by atoms with Gasteiger partial charge in [-0.1, -0.05) is 146 Å². The zero-order valence-electron chi connectivity index (χ0n) is 20.5. The molecule has 0 saturated heterocycles. The molecule has 1 rings (SSSR count). The quantitative estimate of drug-likeness (QED) is 0.173. The number of unbranched alkanes of at least 4 members (excludes halogenated alkanes) is 18. The summed E-state index contributed by atoms with van der Waals surface area (Å²) in [4.78, 5) is 12.0. The van der Waals surface area contributed by atoms with Gasteiger partial charge in [0.2, 0.25) is 5.91 Å². The summed E-state index contributed by atoms with van der Waals surface area (Å²) >= 11 is 11.9. The average molecular weight is 485 g/mol. The highest BCUT2D eigenvalue weighted by Gasteiger charge is 2.04. The summed E-state index contributed by atoms with van der Waals surface area (Å²) in [6.45, 7) is 2.29. The molecule has 1 amide bonds. The van der Waals surface area contributed by atoms with Crippen LogP contribution in [-0.4, -0.2) is 5.91 Å². The largest absolute Gasteiger partial charge is 0.326 e. The highest BCUT2D eigenvalue weighted by molar-refractivity contribution is 6.35. The second kappa shape index (κ2) is 20.8. The number of carbonyl (C=O) groups is 1. The van der Waals surface area contributed by atoms with Crippen molar-refractivity contribution in [2.45, 2.75) is 135 Å². The Morgan fingerprint density at radius 2 is 0.938 bits per heavy atom. The van der Waals surface area contributed by atoms with Crippen molar-refractivity contribution in [3.63, 3.8) is 0 Å². The molecule has 1 aromatic rings. The normalized spacial score (nSPS) is 11.1. The number of benzene rings is 1. The summed E-state index contributed by atoms with van der Waals surface area (Å²) in [7, 11) is 0. The number of nitrogens with one attached hydrogen (secondary N) is 1. The molecule has 32 heavy (non-hydrogen) atoms. The first kappa shape index (κ1) is 29.3. The third-order valence-electron chi connectivity index (χ3n) is 6.15. The van der Waals surface area contributed by atoms with Crippen molar-refractivity contribution in [3.05, 3.63) is 28.2 Å². The predicted octanol–water partition coefficient (Wildman–Crippen LogP) is 10.8. The maximum Gasteiger partial charge on any atom is 0.224 e. The van der Waals surface area contributed by atoms with Crippen LogP contribution in [-0.2, 0) is 4.79 Å². The molecule has 0 unspecified atom stereocenters. The van der Waals surface area contributed by atoms with Crippen molar-refractivity contribution in [1.82, 2.24) is 0 Å². The maximum absolute atomic E-state index is 12.0. The topological polar surface area (TPSA) is 29.1 Å². The van der Waals surface area contributed by atoms with Crippen LogP contribution in [0.15, 0.2) is 18.2 Å². The molecule has 1 aromatic carbocycles. The first-order valence-electron chi connectivity index (χ1n) is 13.4. The summed E-state index contributed by atoms with van der Waals surface area (Å²) in [5.74, 6) is 0.0373. The highest BCUT2D eigenvalue weighted by Crippen LogP contribution is 2.22. The van der Waals surface area contributed by atoms with Crippen LogP contribution in [0.1, 0.15) is 135 Å². The van der Waals surface area contributed by atoms with Gasteiger partial charge in [0, 0.05) is 22.2 Å². The van der Waals surface area contributed by atoms with Gasteiger partial charge in [-0.25, -0.2) is 0 Å². The van der Waals surface area contributed by atoms with Crippen LogP contribution in [0.2, 0.25) is 10.0 Å². The molecular formula is C28H47Cl2NO. The Bertz CT molecular complexity index is 571. The zero-order chi connectivity index (χ0) is 23.3. The first-order chi connectivity index (χ1) is 15.6. The predicted molar refractivity (Wildman–Crippen MR) is 143 cm³/mol. The fraction of sp³-hybridized carbons (Fsp3) is 0.750. The molecule has 0 aromatic heterocycles. The van der Waals surface area contributed by atoms with Crippen LogP contribution in [0.25, 0.3) is 0 Å². The summed E-state index contributed by atoms with van der Waals surface area (Å²) in [5, 5.41) is 3.95. The summed E-state index contributed by atoms with van der Waals surface area (Å²) in [6.07, 6.45) is 26.4. The molecule has 2 nitrogen and oxygen atoms in total. The smallest absolute Gasteiger partial charge is 0.224 e. The van der Waals surface area contributed by atoms with Crippen molar-refractivity contribution in [3.8, 4) is 0 Å². The lowest BCUT2D eigenvalue weighted by Crippen LogP contribution is -2.11. The molecule has 0 aliphatic heterocycles. The number of carbonyl (C=O) groups excluding carboxylic acids is 1. The van der Waals surface area contributed by atoms with Gasteiger partial charge in [0.1, 0.15) is 0 Å². The van der Waals surface area contributed by atoms with Gasteiger partial charge in [-0.3, -0.25) is 4.79 Å². The van der Waals surface area contributed by atoms with Crippen LogP contribution in [0.3, 0.4) is 0 Å². The highest BCUT2D eigenvalue weighted by atomic mass is 35.5. The standard InChI is InChI=1S/C28H47Cl2NO/c1-2-3-4-5-6-7-8-9-10-11-12-13-14-15-16-17-18-19-20-21-28(32)31-27-23-25(29)22-26(30)24-27/h22-24H,2-21H2,1H3,(H,31,32). The van der Waals surface area contributed by atoms with Gasteiger partial charge in [-0.2, -0.15) is 0 Å². The minimum absolute atomic E-state index is 0.0373. The van der Waals surface area contributed by atoms with E-state index in [0.29, 0.717) is 22.2 Å². The van der Waals surface area contributed by atoms with Gasteiger partial charge in [-0.15, -0.1) is 0 Å². The van der Waals surface area contributed by atoms with Gasteiger partial charge >= 0.3 is 0 Å². The third-order valence-corrected chi connectivity index (χ3v) is 6.59. The molecule has 184 valence electrons. The van der Waals surface area contributed by atoms with Crippen LogP contribution < -0.4 is 5.32 Å². The van der Waals surface area contributed by atoms with E-state index in [0.717, 1.165) is 12.8 Å². The Labute approximate surface area is 208 Å². The Morgan fingerprint density at radius 3 is 1.31 bits per heavy atom. The van der Waals surface area contributed by atoms with Gasteiger partial charge in [0.25, 0.3) is 0 Å². The van der Waals surface area contributed by atoms with Crippen molar-refractivity contribution < 1.29 is 4.79 Å². The molecule has 0 heterocycles. The van der Waals surface area contributed by atoms with E-state index in [2.05, 4.69) is 12.2 Å². The van der Waals surface area contributed by atoms with E-state index in [4.69, 9.17) is 23.2 Å². The summed E-state index contributed by atoms with van der Waals surface area (Å²) in [5.41, 5.74) is 0.672. The Hall–Kier alpha value is -0.730. The molecule has 0 aliphatic carbocycles. The summed E-state index contributed by atoms with van der Waals surface area (Å²) < 4.78 is 0. The van der Waals surface area contributed by atoms with Crippen molar-refractivity contribution in [1.29, 1.82) is 0 Å². The second-order valence-electron chi connectivity index (χ2n) is 9.32.